The summed E-state index contributed by atoms with van der Waals surface area (Å²) in [5, 5.41) is 4.80. The van der Waals surface area contributed by atoms with E-state index in [1.54, 1.807) is 16.8 Å². The number of aromatic nitrogens is 3. The molecule has 5 nitrogen and oxygen atoms in total. The molecule has 3 aromatic rings. The van der Waals surface area contributed by atoms with E-state index in [1.807, 2.05) is 36.9 Å². The number of benzene rings is 1. The Balaban J connectivity index is 1.66. The van der Waals surface area contributed by atoms with Crippen LogP contribution in [0.1, 0.15) is 33.0 Å². The third kappa shape index (κ3) is 2.99. The van der Waals surface area contributed by atoms with E-state index < -0.39 is 0 Å². The van der Waals surface area contributed by atoms with Crippen LogP contribution in [0.2, 0.25) is 5.02 Å². The van der Waals surface area contributed by atoms with Gasteiger partial charge in [-0.3, -0.25) is 4.79 Å². The molecule has 3 heterocycles. The van der Waals surface area contributed by atoms with Gasteiger partial charge in [0.05, 0.1) is 10.7 Å². The van der Waals surface area contributed by atoms with Crippen molar-refractivity contribution in [1.82, 2.24) is 19.7 Å². The molecule has 0 unspecified atom stereocenters. The molecule has 4 rings (SSSR count). The minimum atomic E-state index is -0.145. The molecule has 26 heavy (non-hydrogen) atoms. The normalized spacial score (nSPS) is 13.6. The minimum absolute atomic E-state index is 0.145. The summed E-state index contributed by atoms with van der Waals surface area (Å²) in [4.78, 5) is 19.4. The number of fused-ring (bicyclic) bond motifs is 1. The highest BCUT2D eigenvalue weighted by Gasteiger charge is 2.25. The first-order valence-corrected chi connectivity index (χ1v) is 8.97. The summed E-state index contributed by atoms with van der Waals surface area (Å²) in [7, 11) is 0. The number of aryl methyl sites for hydroxylation is 2. The van der Waals surface area contributed by atoms with Gasteiger partial charge in [0, 0.05) is 18.8 Å². The Morgan fingerprint density at radius 1 is 1.12 bits per heavy atom. The minimum Gasteiger partial charge on any atom is -0.333 e. The molecule has 1 aromatic carbocycles. The molecular formula is C20H19ClN4O. The SMILES string of the molecule is Cc1cc(C)n(-c2ccc(Cl)c(C(=O)N3CCc4ccccc4C3)n2)n1. The van der Waals surface area contributed by atoms with Crippen molar-refractivity contribution in [2.75, 3.05) is 6.54 Å². The van der Waals surface area contributed by atoms with E-state index in [-0.39, 0.29) is 11.6 Å². The first kappa shape index (κ1) is 16.8. The third-order valence-electron chi connectivity index (χ3n) is 4.68. The van der Waals surface area contributed by atoms with Crippen LogP contribution in [0.15, 0.2) is 42.5 Å². The maximum absolute atomic E-state index is 13.1. The van der Waals surface area contributed by atoms with Crippen molar-refractivity contribution in [3.63, 3.8) is 0 Å². The monoisotopic (exact) mass is 366 g/mol. The summed E-state index contributed by atoms with van der Waals surface area (Å²) >= 11 is 6.30. The molecule has 6 heteroatoms. The molecule has 1 amide bonds. The quantitative estimate of drug-likeness (QED) is 0.694. The van der Waals surface area contributed by atoms with Crippen LogP contribution in [0, 0.1) is 13.8 Å². The number of rotatable bonds is 2. The van der Waals surface area contributed by atoms with Gasteiger partial charge in [0.2, 0.25) is 0 Å². The van der Waals surface area contributed by atoms with Crippen LogP contribution < -0.4 is 0 Å². The van der Waals surface area contributed by atoms with Crippen molar-refractivity contribution in [2.45, 2.75) is 26.8 Å². The molecule has 1 aliphatic heterocycles. The van der Waals surface area contributed by atoms with Crippen molar-refractivity contribution in [3.8, 4) is 5.82 Å². The highest BCUT2D eigenvalue weighted by Crippen LogP contribution is 2.23. The lowest BCUT2D eigenvalue weighted by Crippen LogP contribution is -2.36. The van der Waals surface area contributed by atoms with Crippen molar-refractivity contribution >= 4 is 17.5 Å². The number of nitrogens with zero attached hydrogens (tertiary/aromatic N) is 4. The molecule has 1 aliphatic rings. The van der Waals surface area contributed by atoms with Crippen LogP contribution in [-0.2, 0) is 13.0 Å². The zero-order valence-electron chi connectivity index (χ0n) is 14.7. The van der Waals surface area contributed by atoms with Gasteiger partial charge < -0.3 is 4.90 Å². The molecular weight excluding hydrogens is 348 g/mol. The molecule has 132 valence electrons. The van der Waals surface area contributed by atoms with Crippen LogP contribution in [0.25, 0.3) is 5.82 Å². The Kier molecular flexibility index (Phi) is 4.24. The highest BCUT2D eigenvalue weighted by atomic mass is 35.5. The summed E-state index contributed by atoms with van der Waals surface area (Å²) in [6.45, 7) is 5.13. The van der Waals surface area contributed by atoms with Gasteiger partial charge in [0.1, 0.15) is 5.69 Å². The molecule has 0 saturated carbocycles. The number of carbonyl (C=O) groups is 1. The number of hydrogen-bond acceptors (Lipinski definition) is 3. The van der Waals surface area contributed by atoms with E-state index in [1.165, 1.54) is 11.1 Å². The smallest absolute Gasteiger partial charge is 0.274 e. The zero-order valence-corrected chi connectivity index (χ0v) is 15.5. The van der Waals surface area contributed by atoms with Gasteiger partial charge in [-0.1, -0.05) is 35.9 Å². The van der Waals surface area contributed by atoms with Gasteiger partial charge in [-0.15, -0.1) is 0 Å². The first-order chi connectivity index (χ1) is 12.5. The van der Waals surface area contributed by atoms with E-state index in [0.717, 1.165) is 17.8 Å². The van der Waals surface area contributed by atoms with Crippen molar-refractivity contribution in [3.05, 3.63) is 75.7 Å². The van der Waals surface area contributed by atoms with Crippen molar-refractivity contribution < 1.29 is 4.79 Å². The fourth-order valence-corrected chi connectivity index (χ4v) is 3.57. The van der Waals surface area contributed by atoms with Crippen molar-refractivity contribution in [2.24, 2.45) is 0 Å². The van der Waals surface area contributed by atoms with Crippen LogP contribution in [0.3, 0.4) is 0 Å². The largest absolute Gasteiger partial charge is 0.333 e. The van der Waals surface area contributed by atoms with Gasteiger partial charge in [0.25, 0.3) is 5.91 Å². The van der Waals surface area contributed by atoms with Gasteiger partial charge in [0.15, 0.2) is 5.82 Å². The molecule has 0 aliphatic carbocycles. The van der Waals surface area contributed by atoms with Gasteiger partial charge in [-0.05, 0) is 49.6 Å². The highest BCUT2D eigenvalue weighted by molar-refractivity contribution is 6.33. The topological polar surface area (TPSA) is 51.0 Å². The van der Waals surface area contributed by atoms with Crippen molar-refractivity contribution in [1.29, 1.82) is 0 Å². The molecule has 0 radical (unpaired) electrons. The van der Waals surface area contributed by atoms with Crippen LogP contribution in [0.4, 0.5) is 0 Å². The lowest BCUT2D eigenvalue weighted by molar-refractivity contribution is 0.0729. The molecule has 0 N–H and O–H groups in total. The summed E-state index contributed by atoms with van der Waals surface area (Å²) in [6.07, 6.45) is 0.844. The van der Waals surface area contributed by atoms with E-state index in [4.69, 9.17) is 11.6 Å². The Morgan fingerprint density at radius 3 is 2.62 bits per heavy atom. The number of carbonyl (C=O) groups excluding carboxylic acids is 1. The average Bonchev–Trinajstić information content (AvgIpc) is 2.99. The fourth-order valence-electron chi connectivity index (χ4n) is 3.38. The third-order valence-corrected chi connectivity index (χ3v) is 4.98. The Hall–Kier alpha value is -2.66. The Labute approximate surface area is 157 Å². The maximum atomic E-state index is 13.1. The van der Waals surface area contributed by atoms with Gasteiger partial charge >= 0.3 is 0 Å². The average molecular weight is 367 g/mol. The second-order valence-electron chi connectivity index (χ2n) is 6.58. The van der Waals surface area contributed by atoms with Crippen LogP contribution in [0.5, 0.6) is 0 Å². The molecule has 0 saturated heterocycles. The lowest BCUT2D eigenvalue weighted by Gasteiger charge is -2.28. The summed E-state index contributed by atoms with van der Waals surface area (Å²) in [5.74, 6) is 0.452. The molecule has 0 bridgehead atoms. The summed E-state index contributed by atoms with van der Waals surface area (Å²) < 4.78 is 1.73. The second kappa shape index (κ2) is 6.57. The number of amides is 1. The summed E-state index contributed by atoms with van der Waals surface area (Å²) in [6, 6.07) is 13.7. The predicted molar refractivity (Wildman–Crippen MR) is 101 cm³/mol. The summed E-state index contributed by atoms with van der Waals surface area (Å²) in [5.41, 5.74) is 4.61. The van der Waals surface area contributed by atoms with E-state index >= 15 is 0 Å². The lowest BCUT2D eigenvalue weighted by atomic mass is 10.00. The number of hydrogen-bond donors (Lipinski definition) is 0. The van der Waals surface area contributed by atoms with Crippen LogP contribution in [-0.4, -0.2) is 32.1 Å². The van der Waals surface area contributed by atoms with E-state index in [0.29, 0.717) is 23.9 Å². The number of pyridine rings is 1. The standard InChI is InChI=1S/C20H19ClN4O/c1-13-11-14(2)25(23-13)18-8-7-17(21)19(22-18)20(26)24-10-9-15-5-3-4-6-16(15)12-24/h3-8,11H,9-10,12H2,1-2H3. The molecule has 0 spiro atoms. The fraction of sp³-hybridized carbons (Fsp3) is 0.250. The predicted octanol–water partition coefficient (Wildman–Crippen LogP) is 3.74. The molecule has 0 fully saturated rings. The molecule has 2 aromatic heterocycles. The van der Waals surface area contributed by atoms with Gasteiger partial charge in [-0.25, -0.2) is 9.67 Å². The van der Waals surface area contributed by atoms with Gasteiger partial charge in [-0.2, -0.15) is 5.10 Å². The maximum Gasteiger partial charge on any atom is 0.274 e. The number of halogens is 1. The van der Waals surface area contributed by atoms with E-state index in [9.17, 15) is 4.79 Å². The Morgan fingerprint density at radius 2 is 1.88 bits per heavy atom. The first-order valence-electron chi connectivity index (χ1n) is 8.59. The molecule has 0 atom stereocenters. The second-order valence-corrected chi connectivity index (χ2v) is 6.99. The van der Waals surface area contributed by atoms with E-state index in [2.05, 4.69) is 22.2 Å². The zero-order chi connectivity index (χ0) is 18.3. The van der Waals surface area contributed by atoms with Crippen LogP contribution >= 0.6 is 11.6 Å². The Bertz CT molecular complexity index is 995.